The summed E-state index contributed by atoms with van der Waals surface area (Å²) >= 11 is 0. The molecule has 1 aliphatic carbocycles. The van der Waals surface area contributed by atoms with Gasteiger partial charge in [-0.3, -0.25) is 9.59 Å². The number of carboxylic acid groups (broad SMARTS) is 1. The molecule has 2 aliphatic heterocycles. The van der Waals surface area contributed by atoms with Gasteiger partial charge in [0.25, 0.3) is 0 Å². The SMILES string of the molecule is O=C(O)C1CCC(=O)N(CC2CCC3(CCCCC3)O2)C1. The average Bonchev–Trinajstić information content (AvgIpc) is 2.84. The summed E-state index contributed by atoms with van der Waals surface area (Å²) in [5.41, 5.74) is 0.0634. The van der Waals surface area contributed by atoms with Gasteiger partial charge in [-0.15, -0.1) is 0 Å². The van der Waals surface area contributed by atoms with Crippen molar-refractivity contribution in [3.05, 3.63) is 0 Å². The molecule has 118 valence electrons. The van der Waals surface area contributed by atoms with Crippen molar-refractivity contribution in [3.8, 4) is 0 Å². The maximum absolute atomic E-state index is 12.0. The van der Waals surface area contributed by atoms with Gasteiger partial charge in [0.2, 0.25) is 5.91 Å². The Kier molecular flexibility index (Phi) is 4.20. The smallest absolute Gasteiger partial charge is 0.308 e. The van der Waals surface area contributed by atoms with Crippen LogP contribution >= 0.6 is 0 Å². The number of hydrogen-bond donors (Lipinski definition) is 1. The fourth-order valence-electron chi connectivity index (χ4n) is 4.13. The predicted molar refractivity (Wildman–Crippen MR) is 76.9 cm³/mol. The molecule has 0 bridgehead atoms. The summed E-state index contributed by atoms with van der Waals surface area (Å²) in [6, 6.07) is 0. The molecule has 2 heterocycles. The summed E-state index contributed by atoms with van der Waals surface area (Å²) < 4.78 is 6.30. The molecule has 1 saturated carbocycles. The molecular weight excluding hydrogens is 270 g/mol. The Morgan fingerprint density at radius 3 is 2.71 bits per heavy atom. The van der Waals surface area contributed by atoms with E-state index in [2.05, 4.69) is 0 Å². The fourth-order valence-corrected chi connectivity index (χ4v) is 4.13. The highest BCUT2D eigenvalue weighted by molar-refractivity contribution is 5.80. The first-order valence-corrected chi connectivity index (χ1v) is 8.26. The maximum Gasteiger partial charge on any atom is 0.308 e. The largest absolute Gasteiger partial charge is 0.481 e. The van der Waals surface area contributed by atoms with Gasteiger partial charge in [-0.2, -0.15) is 0 Å². The molecule has 3 rings (SSSR count). The van der Waals surface area contributed by atoms with E-state index < -0.39 is 11.9 Å². The molecule has 2 atom stereocenters. The topological polar surface area (TPSA) is 66.8 Å². The number of likely N-dealkylation sites (tertiary alicyclic amines) is 1. The number of carbonyl (C=O) groups is 2. The van der Waals surface area contributed by atoms with E-state index in [4.69, 9.17) is 9.84 Å². The molecule has 21 heavy (non-hydrogen) atoms. The minimum absolute atomic E-state index is 0.0634. The van der Waals surface area contributed by atoms with Gasteiger partial charge >= 0.3 is 5.97 Å². The monoisotopic (exact) mass is 295 g/mol. The van der Waals surface area contributed by atoms with Crippen LogP contribution in [0.15, 0.2) is 0 Å². The minimum atomic E-state index is -0.788. The lowest BCUT2D eigenvalue weighted by molar-refractivity contribution is -0.149. The standard InChI is InChI=1S/C16H25NO4/c18-14-5-4-12(15(19)20)10-17(14)11-13-6-9-16(21-13)7-2-1-3-8-16/h12-13H,1-11H2,(H,19,20). The number of ether oxygens (including phenoxy) is 1. The van der Waals surface area contributed by atoms with Gasteiger partial charge in [-0.05, 0) is 32.1 Å². The highest BCUT2D eigenvalue weighted by atomic mass is 16.5. The van der Waals surface area contributed by atoms with E-state index in [1.165, 1.54) is 19.3 Å². The van der Waals surface area contributed by atoms with E-state index in [0.29, 0.717) is 25.9 Å². The Morgan fingerprint density at radius 2 is 2.00 bits per heavy atom. The number of nitrogens with zero attached hydrogens (tertiary/aromatic N) is 1. The van der Waals surface area contributed by atoms with Crippen molar-refractivity contribution < 1.29 is 19.4 Å². The summed E-state index contributed by atoms with van der Waals surface area (Å²) in [7, 11) is 0. The number of carboxylic acids is 1. The van der Waals surface area contributed by atoms with Crippen LogP contribution in [0.5, 0.6) is 0 Å². The first-order valence-electron chi connectivity index (χ1n) is 8.26. The van der Waals surface area contributed by atoms with Crippen molar-refractivity contribution in [3.63, 3.8) is 0 Å². The molecule has 0 radical (unpaired) electrons. The third kappa shape index (κ3) is 3.23. The quantitative estimate of drug-likeness (QED) is 0.866. The highest BCUT2D eigenvalue weighted by Gasteiger charge is 2.42. The molecule has 3 aliphatic rings. The van der Waals surface area contributed by atoms with Gasteiger partial charge in [0.1, 0.15) is 0 Å². The van der Waals surface area contributed by atoms with E-state index in [-0.39, 0.29) is 17.6 Å². The molecule has 1 amide bonds. The molecule has 0 aromatic heterocycles. The summed E-state index contributed by atoms with van der Waals surface area (Å²) in [6.45, 7) is 0.922. The van der Waals surface area contributed by atoms with Crippen LogP contribution in [0.2, 0.25) is 0 Å². The van der Waals surface area contributed by atoms with E-state index in [9.17, 15) is 9.59 Å². The van der Waals surface area contributed by atoms with Gasteiger partial charge in [0.15, 0.2) is 0 Å². The van der Waals surface area contributed by atoms with E-state index >= 15 is 0 Å². The number of aliphatic carboxylic acids is 1. The van der Waals surface area contributed by atoms with Crippen LogP contribution in [0.3, 0.4) is 0 Å². The molecule has 5 nitrogen and oxygen atoms in total. The summed E-state index contributed by atoms with van der Waals surface area (Å²) in [4.78, 5) is 24.8. The fraction of sp³-hybridized carbons (Fsp3) is 0.875. The van der Waals surface area contributed by atoms with Crippen LogP contribution in [0.4, 0.5) is 0 Å². The van der Waals surface area contributed by atoms with E-state index in [0.717, 1.165) is 25.7 Å². The van der Waals surface area contributed by atoms with Crippen LogP contribution in [-0.2, 0) is 14.3 Å². The van der Waals surface area contributed by atoms with Crippen molar-refractivity contribution in [1.29, 1.82) is 0 Å². The molecule has 3 fully saturated rings. The Labute approximate surface area is 125 Å². The third-order valence-corrected chi connectivity index (χ3v) is 5.38. The number of rotatable bonds is 3. The van der Waals surface area contributed by atoms with Crippen LogP contribution in [0.25, 0.3) is 0 Å². The lowest BCUT2D eigenvalue weighted by Crippen LogP contribution is -2.46. The molecular formula is C16H25NO4. The first kappa shape index (κ1) is 14.8. The van der Waals surface area contributed by atoms with Gasteiger partial charge < -0.3 is 14.7 Å². The average molecular weight is 295 g/mol. The molecule has 1 spiro atoms. The van der Waals surface area contributed by atoms with Crippen molar-refractivity contribution >= 4 is 11.9 Å². The minimum Gasteiger partial charge on any atom is -0.481 e. The number of amides is 1. The molecule has 5 heteroatoms. The van der Waals surface area contributed by atoms with Gasteiger partial charge in [0.05, 0.1) is 17.6 Å². The summed E-state index contributed by atoms with van der Waals surface area (Å²) in [6.07, 6.45) is 9.12. The van der Waals surface area contributed by atoms with Gasteiger partial charge in [-0.25, -0.2) is 0 Å². The normalized spacial score (nSPS) is 32.6. The predicted octanol–water partition coefficient (Wildman–Crippen LogP) is 2.19. The molecule has 2 saturated heterocycles. The number of hydrogen-bond acceptors (Lipinski definition) is 3. The van der Waals surface area contributed by atoms with Crippen LogP contribution in [0.1, 0.15) is 57.8 Å². The van der Waals surface area contributed by atoms with E-state index in [1.807, 2.05) is 0 Å². The zero-order chi connectivity index (χ0) is 14.9. The molecule has 1 N–H and O–H groups in total. The van der Waals surface area contributed by atoms with Crippen molar-refractivity contribution in [2.24, 2.45) is 5.92 Å². The second kappa shape index (κ2) is 5.95. The van der Waals surface area contributed by atoms with Crippen molar-refractivity contribution in [2.45, 2.75) is 69.5 Å². The number of piperidine rings is 1. The first-order chi connectivity index (χ1) is 10.1. The Hall–Kier alpha value is -1.10. The molecule has 0 aromatic rings. The summed E-state index contributed by atoms with van der Waals surface area (Å²) in [5.74, 6) is -1.11. The Morgan fingerprint density at radius 1 is 1.24 bits per heavy atom. The van der Waals surface area contributed by atoms with E-state index in [1.54, 1.807) is 4.90 Å². The zero-order valence-electron chi connectivity index (χ0n) is 12.6. The van der Waals surface area contributed by atoms with Crippen molar-refractivity contribution in [2.75, 3.05) is 13.1 Å². The second-order valence-electron chi connectivity index (χ2n) is 6.89. The van der Waals surface area contributed by atoms with Gasteiger partial charge in [0, 0.05) is 19.5 Å². The Balaban J connectivity index is 1.56. The van der Waals surface area contributed by atoms with Crippen LogP contribution in [-0.4, -0.2) is 46.7 Å². The summed E-state index contributed by atoms with van der Waals surface area (Å²) in [5, 5.41) is 9.13. The third-order valence-electron chi connectivity index (χ3n) is 5.38. The molecule has 2 unspecified atom stereocenters. The second-order valence-corrected chi connectivity index (χ2v) is 6.89. The van der Waals surface area contributed by atoms with Crippen LogP contribution in [0, 0.1) is 5.92 Å². The number of carbonyl (C=O) groups excluding carboxylic acids is 1. The van der Waals surface area contributed by atoms with Crippen molar-refractivity contribution in [1.82, 2.24) is 4.90 Å². The van der Waals surface area contributed by atoms with Crippen LogP contribution < -0.4 is 0 Å². The Bertz CT molecular complexity index is 417. The van der Waals surface area contributed by atoms with Gasteiger partial charge in [-0.1, -0.05) is 19.3 Å². The maximum atomic E-state index is 12.0. The lowest BCUT2D eigenvalue weighted by Gasteiger charge is -2.35. The lowest BCUT2D eigenvalue weighted by atomic mass is 9.83. The highest BCUT2D eigenvalue weighted by Crippen LogP contribution is 2.42. The zero-order valence-corrected chi connectivity index (χ0v) is 12.6. The molecule has 0 aromatic carbocycles.